The number of benzene rings is 3. The Labute approximate surface area is 217 Å². The van der Waals surface area contributed by atoms with E-state index in [0.29, 0.717) is 23.8 Å². The van der Waals surface area contributed by atoms with Crippen molar-refractivity contribution in [3.8, 4) is 17.2 Å². The van der Waals surface area contributed by atoms with Gasteiger partial charge in [-0.15, -0.1) is 0 Å². The summed E-state index contributed by atoms with van der Waals surface area (Å²) in [7, 11) is 8.72. The fourth-order valence-electron chi connectivity index (χ4n) is 4.43. The molecule has 2 N–H and O–H groups in total. The van der Waals surface area contributed by atoms with Crippen LogP contribution in [0.4, 0.5) is 5.69 Å². The van der Waals surface area contributed by atoms with Crippen molar-refractivity contribution < 1.29 is 19.0 Å². The molecule has 7 nitrogen and oxygen atoms in total. The number of aromatic nitrogens is 1. The molecule has 1 atom stereocenters. The zero-order valence-corrected chi connectivity index (χ0v) is 21.9. The summed E-state index contributed by atoms with van der Waals surface area (Å²) in [5, 5.41) is 4.23. The van der Waals surface area contributed by atoms with E-state index >= 15 is 0 Å². The first-order chi connectivity index (χ1) is 17.9. The molecule has 1 unspecified atom stereocenters. The number of methoxy groups -OCH3 is 3. The molecule has 0 aliphatic carbocycles. The third-order valence-corrected chi connectivity index (χ3v) is 6.40. The van der Waals surface area contributed by atoms with Crippen LogP contribution < -0.4 is 24.4 Å². The molecule has 0 radical (unpaired) electrons. The maximum atomic E-state index is 12.9. The smallest absolute Gasteiger partial charge is 0.244 e. The van der Waals surface area contributed by atoms with Gasteiger partial charge in [0.2, 0.25) is 11.7 Å². The fourth-order valence-corrected chi connectivity index (χ4v) is 4.43. The van der Waals surface area contributed by atoms with Gasteiger partial charge in [0.05, 0.1) is 21.3 Å². The van der Waals surface area contributed by atoms with Crippen LogP contribution in [0.25, 0.3) is 17.0 Å². The van der Waals surface area contributed by atoms with E-state index in [9.17, 15) is 4.79 Å². The van der Waals surface area contributed by atoms with Gasteiger partial charge in [0.1, 0.15) is 0 Å². The summed E-state index contributed by atoms with van der Waals surface area (Å²) in [4.78, 5) is 18.3. The van der Waals surface area contributed by atoms with E-state index in [1.165, 1.54) is 6.08 Å². The molecule has 7 heteroatoms. The molecular weight excluding hydrogens is 466 g/mol. The summed E-state index contributed by atoms with van der Waals surface area (Å²) in [5.41, 5.74) is 5.23. The lowest BCUT2D eigenvalue weighted by molar-refractivity contribution is -0.116. The highest BCUT2D eigenvalue weighted by atomic mass is 16.5. The van der Waals surface area contributed by atoms with Crippen LogP contribution in [0, 0.1) is 0 Å². The van der Waals surface area contributed by atoms with Gasteiger partial charge in [-0.3, -0.25) is 4.79 Å². The average Bonchev–Trinajstić information content (AvgIpc) is 3.35. The van der Waals surface area contributed by atoms with Crippen molar-refractivity contribution in [3.63, 3.8) is 0 Å². The summed E-state index contributed by atoms with van der Waals surface area (Å²) in [6.45, 7) is 0.446. The van der Waals surface area contributed by atoms with Crippen molar-refractivity contribution in [2.75, 3.05) is 46.9 Å². The molecule has 4 aromatic rings. The number of rotatable bonds is 10. The number of fused-ring (bicyclic) bond motifs is 1. The molecule has 1 amide bonds. The number of aromatic amines is 1. The van der Waals surface area contributed by atoms with Crippen molar-refractivity contribution in [3.05, 3.63) is 89.6 Å². The van der Waals surface area contributed by atoms with Crippen molar-refractivity contribution >= 4 is 28.6 Å². The Bertz CT molecular complexity index is 1360. The first-order valence-electron chi connectivity index (χ1n) is 12.0. The van der Waals surface area contributed by atoms with E-state index in [0.717, 1.165) is 33.3 Å². The summed E-state index contributed by atoms with van der Waals surface area (Å²) in [6, 6.07) is 20.3. The number of nitrogens with one attached hydrogen (secondary N) is 2. The Morgan fingerprint density at radius 3 is 2.27 bits per heavy atom. The number of carbonyl (C=O) groups excluding carboxylic acids is 1. The zero-order valence-electron chi connectivity index (χ0n) is 21.9. The van der Waals surface area contributed by atoms with E-state index < -0.39 is 0 Å². The summed E-state index contributed by atoms with van der Waals surface area (Å²) < 4.78 is 16.2. The molecule has 0 fully saturated rings. The Hall–Kier alpha value is -4.39. The van der Waals surface area contributed by atoms with Gasteiger partial charge < -0.3 is 29.4 Å². The lowest BCUT2D eigenvalue weighted by Crippen LogP contribution is -2.27. The number of nitrogens with zero attached hydrogens (tertiary/aromatic N) is 1. The highest BCUT2D eigenvalue weighted by Gasteiger charge is 2.19. The Balaban J connectivity index is 1.56. The van der Waals surface area contributed by atoms with Crippen LogP contribution >= 0.6 is 0 Å². The molecule has 1 heterocycles. The molecule has 0 aliphatic heterocycles. The van der Waals surface area contributed by atoms with Crippen LogP contribution in [0.2, 0.25) is 0 Å². The Morgan fingerprint density at radius 1 is 0.973 bits per heavy atom. The average molecular weight is 500 g/mol. The minimum absolute atomic E-state index is 0.0223. The predicted octanol–water partition coefficient (Wildman–Crippen LogP) is 5.22. The maximum Gasteiger partial charge on any atom is 0.244 e. The van der Waals surface area contributed by atoms with E-state index in [-0.39, 0.29) is 11.8 Å². The third-order valence-electron chi connectivity index (χ3n) is 6.40. The van der Waals surface area contributed by atoms with Crippen LogP contribution in [0.5, 0.6) is 17.2 Å². The van der Waals surface area contributed by atoms with E-state index in [1.54, 1.807) is 39.5 Å². The molecule has 1 aromatic heterocycles. The lowest BCUT2D eigenvalue weighted by atomic mass is 9.90. The zero-order chi connectivity index (χ0) is 26.4. The van der Waals surface area contributed by atoms with Gasteiger partial charge in [0, 0.05) is 55.4 Å². The van der Waals surface area contributed by atoms with Gasteiger partial charge >= 0.3 is 0 Å². The number of H-pyrrole nitrogens is 1. The van der Waals surface area contributed by atoms with Crippen molar-refractivity contribution in [2.24, 2.45) is 0 Å². The van der Waals surface area contributed by atoms with Gasteiger partial charge in [-0.1, -0.05) is 30.3 Å². The molecular formula is C30H33N3O4. The molecule has 0 saturated carbocycles. The van der Waals surface area contributed by atoms with Crippen LogP contribution in [0.1, 0.15) is 22.6 Å². The largest absolute Gasteiger partial charge is 0.493 e. The molecule has 0 bridgehead atoms. The number of hydrogen-bond acceptors (Lipinski definition) is 5. The summed E-state index contributed by atoms with van der Waals surface area (Å²) >= 11 is 0. The highest BCUT2D eigenvalue weighted by Crippen LogP contribution is 2.38. The second-order valence-electron chi connectivity index (χ2n) is 8.87. The number of ether oxygens (including phenoxy) is 3. The van der Waals surface area contributed by atoms with Crippen LogP contribution in [0.15, 0.2) is 72.9 Å². The SMILES string of the molecule is COc1cc(/C=C/C(=O)NCC(c2ccc(N(C)C)cc2)c2c[nH]c3ccccc23)cc(OC)c1OC. The van der Waals surface area contributed by atoms with E-state index in [4.69, 9.17) is 14.2 Å². The highest BCUT2D eigenvalue weighted by molar-refractivity contribution is 5.92. The maximum absolute atomic E-state index is 12.9. The van der Waals surface area contributed by atoms with Crippen LogP contribution in [-0.2, 0) is 4.79 Å². The molecule has 4 rings (SSSR count). The first kappa shape index (κ1) is 25.7. The minimum atomic E-state index is -0.191. The molecule has 3 aromatic carbocycles. The number of amides is 1. The monoisotopic (exact) mass is 499 g/mol. The summed E-state index contributed by atoms with van der Waals surface area (Å²) in [6.07, 6.45) is 5.28. The molecule has 37 heavy (non-hydrogen) atoms. The predicted molar refractivity (Wildman–Crippen MR) is 149 cm³/mol. The molecule has 0 saturated heterocycles. The van der Waals surface area contributed by atoms with Crippen molar-refractivity contribution in [1.82, 2.24) is 10.3 Å². The van der Waals surface area contributed by atoms with Gasteiger partial charge in [0.25, 0.3) is 0 Å². The quantitative estimate of drug-likeness (QED) is 0.293. The fraction of sp³-hybridized carbons (Fsp3) is 0.233. The number of anilines is 1. The topological polar surface area (TPSA) is 75.8 Å². The van der Waals surface area contributed by atoms with Crippen molar-refractivity contribution in [2.45, 2.75) is 5.92 Å². The van der Waals surface area contributed by atoms with Crippen LogP contribution in [-0.4, -0.2) is 52.9 Å². The van der Waals surface area contributed by atoms with Gasteiger partial charge in [0.15, 0.2) is 11.5 Å². The third kappa shape index (κ3) is 5.72. The molecule has 0 aliphatic rings. The number of hydrogen-bond donors (Lipinski definition) is 2. The van der Waals surface area contributed by atoms with Gasteiger partial charge in [-0.25, -0.2) is 0 Å². The van der Waals surface area contributed by atoms with Gasteiger partial charge in [-0.05, 0) is 53.1 Å². The van der Waals surface area contributed by atoms with Crippen LogP contribution in [0.3, 0.4) is 0 Å². The van der Waals surface area contributed by atoms with E-state index in [2.05, 4.69) is 51.6 Å². The Kier molecular flexibility index (Phi) is 8.03. The molecule has 0 spiro atoms. The minimum Gasteiger partial charge on any atom is -0.493 e. The first-order valence-corrected chi connectivity index (χ1v) is 12.0. The Morgan fingerprint density at radius 2 is 1.65 bits per heavy atom. The second kappa shape index (κ2) is 11.6. The normalized spacial score (nSPS) is 11.9. The molecule has 192 valence electrons. The lowest BCUT2D eigenvalue weighted by Gasteiger charge is -2.19. The second-order valence-corrected chi connectivity index (χ2v) is 8.87. The number of carbonyl (C=O) groups is 1. The van der Waals surface area contributed by atoms with Gasteiger partial charge in [-0.2, -0.15) is 0 Å². The van der Waals surface area contributed by atoms with E-state index in [1.807, 2.05) is 32.4 Å². The standard InChI is InChI=1S/C30H33N3O4/c1-33(2)22-13-11-21(12-14-22)24(25-19-31-26-9-7-6-8-23(25)26)18-32-29(34)15-10-20-16-27(35-3)30(37-5)28(17-20)36-4/h6-17,19,24,31H,18H2,1-5H3,(H,32,34)/b15-10+. The number of para-hydroxylation sites is 1. The van der Waals surface area contributed by atoms with Crippen molar-refractivity contribution in [1.29, 1.82) is 0 Å². The summed E-state index contributed by atoms with van der Waals surface area (Å²) in [5.74, 6) is 1.35.